The van der Waals surface area contributed by atoms with Gasteiger partial charge < -0.3 is 10.6 Å². The molecule has 5 heteroatoms. The average molecular weight is 263 g/mol. The molecule has 0 saturated heterocycles. The molecule has 0 unspecified atom stereocenters. The van der Waals surface area contributed by atoms with E-state index >= 15 is 0 Å². The molecule has 0 fully saturated rings. The Morgan fingerprint density at radius 1 is 1.16 bits per heavy atom. The molecule has 0 aliphatic heterocycles. The van der Waals surface area contributed by atoms with E-state index in [1.807, 2.05) is 6.92 Å². The Morgan fingerprint density at radius 3 is 2.42 bits per heavy atom. The second-order valence-corrected chi connectivity index (χ2v) is 4.03. The van der Waals surface area contributed by atoms with Crippen molar-refractivity contribution in [1.82, 2.24) is 4.98 Å². The lowest BCUT2D eigenvalue weighted by Crippen LogP contribution is -2.20. The predicted octanol–water partition coefficient (Wildman–Crippen LogP) is 2.98. The van der Waals surface area contributed by atoms with Crippen LogP contribution in [-0.4, -0.2) is 11.5 Å². The van der Waals surface area contributed by atoms with E-state index in [0.717, 1.165) is 0 Å². The molecule has 1 heterocycles. The quantitative estimate of drug-likeness (QED) is 0.922. The lowest BCUT2D eigenvalue weighted by atomic mass is 10.2. The summed E-state index contributed by atoms with van der Waals surface area (Å²) in [4.78, 5) is 5.73. The summed E-state index contributed by atoms with van der Waals surface area (Å²) < 4.78 is 27.1. The van der Waals surface area contributed by atoms with Gasteiger partial charge in [-0.05, 0) is 37.3 Å². The van der Waals surface area contributed by atoms with Crippen molar-refractivity contribution >= 4 is 11.5 Å². The molecule has 0 aliphatic carbocycles. The summed E-state index contributed by atoms with van der Waals surface area (Å²) in [6, 6.07) is 7.41. The van der Waals surface area contributed by atoms with Crippen LogP contribution in [0.25, 0.3) is 0 Å². The van der Waals surface area contributed by atoms with E-state index in [1.165, 1.54) is 18.3 Å². The largest absolute Gasteiger partial charge is 0.326 e. The van der Waals surface area contributed by atoms with E-state index in [1.54, 1.807) is 23.1 Å². The summed E-state index contributed by atoms with van der Waals surface area (Å²) in [5, 5.41) is 0. The van der Waals surface area contributed by atoms with E-state index in [9.17, 15) is 8.78 Å². The van der Waals surface area contributed by atoms with Crippen LogP contribution in [0.15, 0.2) is 36.5 Å². The van der Waals surface area contributed by atoms with Gasteiger partial charge in [0.25, 0.3) is 0 Å². The number of nitrogens with two attached hydrogens (primary N) is 1. The van der Waals surface area contributed by atoms with Gasteiger partial charge in [0.1, 0.15) is 5.82 Å². The highest BCUT2D eigenvalue weighted by atomic mass is 19.1. The number of hydrogen-bond acceptors (Lipinski definition) is 3. The van der Waals surface area contributed by atoms with Crippen molar-refractivity contribution in [3.63, 3.8) is 0 Å². The summed E-state index contributed by atoms with van der Waals surface area (Å²) in [5.74, 6) is -0.558. The Labute approximate surface area is 110 Å². The molecule has 3 nitrogen and oxygen atoms in total. The molecule has 19 heavy (non-hydrogen) atoms. The van der Waals surface area contributed by atoms with E-state index in [0.29, 0.717) is 17.8 Å². The van der Waals surface area contributed by atoms with Crippen LogP contribution in [0.2, 0.25) is 0 Å². The van der Waals surface area contributed by atoms with E-state index in [2.05, 4.69) is 4.98 Å². The van der Waals surface area contributed by atoms with Gasteiger partial charge in [-0.25, -0.2) is 13.8 Å². The molecule has 0 aliphatic rings. The van der Waals surface area contributed by atoms with Crippen LogP contribution in [0.5, 0.6) is 0 Å². The third kappa shape index (κ3) is 2.71. The highest BCUT2D eigenvalue weighted by molar-refractivity contribution is 5.60. The van der Waals surface area contributed by atoms with Gasteiger partial charge in [-0.1, -0.05) is 0 Å². The number of aromatic nitrogens is 1. The standard InChI is InChI=1S/C14H15F2N3/c1-2-19(12-5-3-11(15)4-6-12)14-13(16)10(9-17)7-8-18-14/h3-8H,2,9,17H2,1H3. The molecule has 0 radical (unpaired) electrons. The Kier molecular flexibility index (Phi) is 4.06. The summed E-state index contributed by atoms with van der Waals surface area (Å²) in [7, 11) is 0. The van der Waals surface area contributed by atoms with Crippen molar-refractivity contribution in [1.29, 1.82) is 0 Å². The molecule has 100 valence electrons. The smallest absolute Gasteiger partial charge is 0.170 e. The number of anilines is 2. The summed E-state index contributed by atoms with van der Waals surface area (Å²) >= 11 is 0. The molecule has 2 rings (SSSR count). The first kappa shape index (κ1) is 13.4. The predicted molar refractivity (Wildman–Crippen MR) is 71.2 cm³/mol. The van der Waals surface area contributed by atoms with Crippen molar-refractivity contribution in [2.45, 2.75) is 13.5 Å². The Morgan fingerprint density at radius 2 is 1.84 bits per heavy atom. The highest BCUT2D eigenvalue weighted by Gasteiger charge is 2.16. The zero-order valence-electron chi connectivity index (χ0n) is 10.6. The summed E-state index contributed by atoms with van der Waals surface area (Å²) in [5.41, 5.74) is 6.58. The van der Waals surface area contributed by atoms with Gasteiger partial charge in [0, 0.05) is 30.5 Å². The van der Waals surface area contributed by atoms with Crippen molar-refractivity contribution < 1.29 is 8.78 Å². The van der Waals surface area contributed by atoms with Crippen LogP contribution < -0.4 is 10.6 Å². The molecule has 0 spiro atoms. The molecule has 1 aromatic heterocycles. The maximum absolute atomic E-state index is 14.2. The normalized spacial score (nSPS) is 10.5. The minimum absolute atomic E-state index is 0.113. The van der Waals surface area contributed by atoms with Crippen LogP contribution in [0.1, 0.15) is 12.5 Å². The second-order valence-electron chi connectivity index (χ2n) is 4.03. The van der Waals surface area contributed by atoms with Crippen LogP contribution in [0.4, 0.5) is 20.3 Å². The van der Waals surface area contributed by atoms with Crippen molar-refractivity contribution in [3.8, 4) is 0 Å². The van der Waals surface area contributed by atoms with E-state index < -0.39 is 5.82 Å². The Hall–Kier alpha value is -2.01. The number of halogens is 2. The van der Waals surface area contributed by atoms with Gasteiger partial charge in [0.2, 0.25) is 0 Å². The van der Waals surface area contributed by atoms with Crippen molar-refractivity contribution in [3.05, 3.63) is 53.7 Å². The Balaban J connectivity index is 2.45. The highest BCUT2D eigenvalue weighted by Crippen LogP contribution is 2.27. The molecular weight excluding hydrogens is 248 g/mol. The zero-order chi connectivity index (χ0) is 13.8. The summed E-state index contributed by atoms with van der Waals surface area (Å²) in [6.07, 6.45) is 1.52. The maximum atomic E-state index is 14.2. The third-order valence-corrected chi connectivity index (χ3v) is 2.88. The topological polar surface area (TPSA) is 42.2 Å². The first-order chi connectivity index (χ1) is 9.17. The minimum Gasteiger partial charge on any atom is -0.326 e. The number of nitrogens with zero attached hydrogens (tertiary/aromatic N) is 2. The molecule has 0 saturated carbocycles. The fourth-order valence-electron chi connectivity index (χ4n) is 1.89. The molecule has 0 atom stereocenters. The summed E-state index contributed by atoms with van der Waals surface area (Å²) in [6.45, 7) is 2.51. The third-order valence-electron chi connectivity index (χ3n) is 2.88. The van der Waals surface area contributed by atoms with Crippen LogP contribution in [0.3, 0.4) is 0 Å². The number of pyridine rings is 1. The lowest BCUT2D eigenvalue weighted by molar-refractivity contribution is 0.602. The number of hydrogen-bond donors (Lipinski definition) is 1. The molecule has 0 bridgehead atoms. The van der Waals surface area contributed by atoms with Crippen molar-refractivity contribution in [2.24, 2.45) is 5.73 Å². The second kappa shape index (κ2) is 5.75. The van der Waals surface area contributed by atoms with Gasteiger partial charge in [0.15, 0.2) is 11.6 Å². The first-order valence-electron chi connectivity index (χ1n) is 6.04. The van der Waals surface area contributed by atoms with Crippen LogP contribution in [0, 0.1) is 11.6 Å². The molecular formula is C14H15F2N3. The molecule has 1 aromatic carbocycles. The Bertz CT molecular complexity index is 555. The van der Waals surface area contributed by atoms with Gasteiger partial charge in [-0.2, -0.15) is 0 Å². The zero-order valence-corrected chi connectivity index (χ0v) is 10.6. The molecule has 2 aromatic rings. The van der Waals surface area contributed by atoms with Gasteiger partial charge in [-0.3, -0.25) is 0 Å². The van der Waals surface area contributed by atoms with Crippen LogP contribution >= 0.6 is 0 Å². The van der Waals surface area contributed by atoms with Gasteiger partial charge in [0.05, 0.1) is 0 Å². The minimum atomic E-state index is -0.434. The fraction of sp³-hybridized carbons (Fsp3) is 0.214. The molecule has 2 N–H and O–H groups in total. The number of benzene rings is 1. The average Bonchev–Trinajstić information content (AvgIpc) is 2.43. The first-order valence-corrected chi connectivity index (χ1v) is 6.04. The lowest BCUT2D eigenvalue weighted by Gasteiger charge is -2.23. The van der Waals surface area contributed by atoms with E-state index in [4.69, 9.17) is 5.73 Å². The maximum Gasteiger partial charge on any atom is 0.170 e. The van der Waals surface area contributed by atoms with Gasteiger partial charge >= 0.3 is 0 Å². The monoisotopic (exact) mass is 263 g/mol. The number of rotatable bonds is 4. The van der Waals surface area contributed by atoms with Crippen LogP contribution in [-0.2, 0) is 6.54 Å². The fourth-order valence-corrected chi connectivity index (χ4v) is 1.89. The van der Waals surface area contributed by atoms with E-state index in [-0.39, 0.29) is 18.2 Å². The SMILES string of the molecule is CCN(c1ccc(F)cc1)c1nccc(CN)c1F. The van der Waals surface area contributed by atoms with Crippen molar-refractivity contribution in [2.75, 3.05) is 11.4 Å². The molecule has 0 amide bonds. The van der Waals surface area contributed by atoms with Gasteiger partial charge in [-0.15, -0.1) is 0 Å².